The van der Waals surface area contributed by atoms with E-state index < -0.39 is 0 Å². The second-order valence-electron chi connectivity index (χ2n) is 7.44. The highest BCUT2D eigenvalue weighted by Crippen LogP contribution is 2.26. The molecule has 4 rings (SSSR count). The number of nitrogens with one attached hydrogen (secondary N) is 1. The molecule has 2 aliphatic heterocycles. The van der Waals surface area contributed by atoms with Crippen molar-refractivity contribution >= 4 is 17.7 Å². The Morgan fingerprint density at radius 1 is 1.21 bits per heavy atom. The molecule has 0 saturated carbocycles. The second kappa shape index (κ2) is 9.43. The summed E-state index contributed by atoms with van der Waals surface area (Å²) in [7, 11) is 0. The van der Waals surface area contributed by atoms with Crippen LogP contribution >= 0.6 is 11.8 Å². The zero-order chi connectivity index (χ0) is 19.2. The van der Waals surface area contributed by atoms with Crippen molar-refractivity contribution in [1.29, 1.82) is 0 Å². The van der Waals surface area contributed by atoms with E-state index in [4.69, 9.17) is 4.74 Å². The fourth-order valence-corrected chi connectivity index (χ4v) is 5.11. The van der Waals surface area contributed by atoms with Crippen LogP contribution in [0.2, 0.25) is 0 Å². The van der Waals surface area contributed by atoms with Crippen molar-refractivity contribution in [2.45, 2.75) is 38.0 Å². The first-order valence-corrected chi connectivity index (χ1v) is 11.2. The van der Waals surface area contributed by atoms with Crippen LogP contribution in [0, 0.1) is 0 Å². The Balaban J connectivity index is 1.28. The van der Waals surface area contributed by atoms with Gasteiger partial charge in [0, 0.05) is 49.4 Å². The van der Waals surface area contributed by atoms with Crippen LogP contribution in [0.25, 0.3) is 0 Å². The minimum atomic E-state index is -0.0946. The van der Waals surface area contributed by atoms with Gasteiger partial charge in [0.05, 0.1) is 0 Å². The summed E-state index contributed by atoms with van der Waals surface area (Å²) in [6.07, 6.45) is 7.16. The van der Waals surface area contributed by atoms with Crippen molar-refractivity contribution < 1.29 is 9.53 Å². The lowest BCUT2D eigenvalue weighted by Gasteiger charge is -2.35. The van der Waals surface area contributed by atoms with Gasteiger partial charge in [0.1, 0.15) is 11.9 Å². The van der Waals surface area contributed by atoms with Gasteiger partial charge in [0.25, 0.3) is 5.91 Å². The predicted molar refractivity (Wildman–Crippen MR) is 113 cm³/mol. The van der Waals surface area contributed by atoms with E-state index in [0.29, 0.717) is 12.1 Å². The number of pyridine rings is 1. The molecular weight excluding hydrogens is 370 g/mol. The van der Waals surface area contributed by atoms with E-state index in [0.717, 1.165) is 43.3 Å². The van der Waals surface area contributed by atoms with Gasteiger partial charge < -0.3 is 10.1 Å². The summed E-state index contributed by atoms with van der Waals surface area (Å²) < 4.78 is 6.20. The fraction of sp³-hybridized carbons (Fsp3) is 0.455. The molecule has 1 aromatic heterocycles. The number of hydrogen-bond acceptors (Lipinski definition) is 5. The molecule has 5 nitrogen and oxygen atoms in total. The number of hydrogen-bond donors (Lipinski definition) is 1. The minimum Gasteiger partial charge on any atom is -0.490 e. The maximum absolute atomic E-state index is 12.5. The summed E-state index contributed by atoms with van der Waals surface area (Å²) in [5.74, 6) is 3.27. The molecule has 2 saturated heterocycles. The summed E-state index contributed by atoms with van der Waals surface area (Å²) >= 11 is 2.07. The molecule has 0 aliphatic carbocycles. The lowest BCUT2D eigenvalue weighted by Crippen LogP contribution is -2.44. The lowest BCUT2D eigenvalue weighted by atomic mass is 10.0. The van der Waals surface area contributed by atoms with Crippen LogP contribution in [-0.2, 0) is 6.54 Å². The third kappa shape index (κ3) is 5.06. The second-order valence-corrected chi connectivity index (χ2v) is 8.59. The monoisotopic (exact) mass is 397 g/mol. The van der Waals surface area contributed by atoms with Gasteiger partial charge >= 0.3 is 0 Å². The van der Waals surface area contributed by atoms with Crippen LogP contribution in [0.1, 0.15) is 35.2 Å². The van der Waals surface area contributed by atoms with Crippen LogP contribution in [-0.4, -0.2) is 52.5 Å². The molecule has 2 fully saturated rings. The first kappa shape index (κ1) is 19.3. The number of likely N-dealkylation sites (tertiary alicyclic amines) is 1. The number of amides is 1. The molecular formula is C22H27N3O2S. The fourth-order valence-electron chi connectivity index (χ4n) is 3.86. The number of aromatic nitrogens is 1. The molecule has 148 valence electrons. The van der Waals surface area contributed by atoms with Crippen LogP contribution in [0.5, 0.6) is 5.75 Å². The molecule has 1 N–H and O–H groups in total. The molecule has 0 bridgehead atoms. The van der Waals surface area contributed by atoms with Crippen molar-refractivity contribution in [2.24, 2.45) is 0 Å². The van der Waals surface area contributed by atoms with Crippen molar-refractivity contribution in [2.75, 3.05) is 24.6 Å². The normalized spacial score (nSPS) is 20.8. The summed E-state index contributed by atoms with van der Waals surface area (Å²) in [4.78, 5) is 19.2. The van der Waals surface area contributed by atoms with Gasteiger partial charge in [0.15, 0.2) is 0 Å². The molecule has 1 atom stereocenters. The maximum Gasteiger partial charge on any atom is 0.251 e. The molecule has 1 aromatic carbocycles. The molecule has 2 aliphatic rings. The van der Waals surface area contributed by atoms with Crippen LogP contribution in [0.4, 0.5) is 0 Å². The Kier molecular flexibility index (Phi) is 6.49. The van der Waals surface area contributed by atoms with Gasteiger partial charge in [0.2, 0.25) is 0 Å². The van der Waals surface area contributed by atoms with Gasteiger partial charge in [-0.3, -0.25) is 14.7 Å². The molecule has 2 aromatic rings. The molecule has 1 amide bonds. The lowest BCUT2D eigenvalue weighted by molar-refractivity contribution is 0.0813. The smallest absolute Gasteiger partial charge is 0.251 e. The van der Waals surface area contributed by atoms with Gasteiger partial charge in [-0.15, -0.1) is 0 Å². The summed E-state index contributed by atoms with van der Waals surface area (Å²) in [5, 5.41) is 2.94. The SMILES string of the molecule is O=C(NCc1cccnc1)c1cccc(OC2CCN(C3CCSC3)CC2)c1. The van der Waals surface area contributed by atoms with Crippen molar-refractivity contribution in [3.8, 4) is 5.75 Å². The maximum atomic E-state index is 12.5. The molecule has 3 heterocycles. The van der Waals surface area contributed by atoms with Gasteiger partial charge in [-0.2, -0.15) is 11.8 Å². The quantitative estimate of drug-likeness (QED) is 0.810. The average Bonchev–Trinajstić information content (AvgIpc) is 3.28. The highest BCUT2D eigenvalue weighted by molar-refractivity contribution is 7.99. The molecule has 0 spiro atoms. The van der Waals surface area contributed by atoms with E-state index in [-0.39, 0.29) is 12.0 Å². The van der Waals surface area contributed by atoms with E-state index >= 15 is 0 Å². The Labute approximate surface area is 170 Å². The number of benzene rings is 1. The van der Waals surface area contributed by atoms with E-state index in [9.17, 15) is 4.79 Å². The number of carbonyl (C=O) groups is 1. The van der Waals surface area contributed by atoms with Crippen LogP contribution in [0.15, 0.2) is 48.8 Å². The Morgan fingerprint density at radius 3 is 2.86 bits per heavy atom. The van der Waals surface area contributed by atoms with E-state index in [1.54, 1.807) is 12.4 Å². The van der Waals surface area contributed by atoms with Gasteiger partial charge in [-0.1, -0.05) is 12.1 Å². The topological polar surface area (TPSA) is 54.5 Å². The van der Waals surface area contributed by atoms with E-state index in [2.05, 4.69) is 27.0 Å². The largest absolute Gasteiger partial charge is 0.490 e. The van der Waals surface area contributed by atoms with Crippen LogP contribution in [0.3, 0.4) is 0 Å². The molecule has 28 heavy (non-hydrogen) atoms. The van der Waals surface area contributed by atoms with Gasteiger partial charge in [-0.25, -0.2) is 0 Å². The first-order valence-electron chi connectivity index (χ1n) is 10.0. The standard InChI is InChI=1S/C22H27N3O2S/c26-22(24-15-17-3-2-9-23-14-17)18-4-1-5-21(13-18)27-20-6-10-25(11-7-20)19-8-12-28-16-19/h1-5,9,13-14,19-20H,6-8,10-12,15-16H2,(H,24,26). The number of thioether (sulfide) groups is 1. The number of carbonyl (C=O) groups excluding carboxylic acids is 1. The van der Waals surface area contributed by atoms with Crippen molar-refractivity contribution in [3.05, 3.63) is 59.9 Å². The van der Waals surface area contributed by atoms with Gasteiger partial charge in [-0.05, 0) is 54.8 Å². The van der Waals surface area contributed by atoms with E-state index in [1.165, 1.54) is 17.9 Å². The highest BCUT2D eigenvalue weighted by atomic mass is 32.2. The molecule has 6 heteroatoms. The summed E-state index contributed by atoms with van der Waals surface area (Å²) in [6.45, 7) is 2.69. The Bertz CT molecular complexity index is 772. The van der Waals surface area contributed by atoms with Crippen molar-refractivity contribution in [3.63, 3.8) is 0 Å². The highest BCUT2D eigenvalue weighted by Gasteiger charge is 2.28. The Morgan fingerprint density at radius 2 is 2.11 bits per heavy atom. The third-order valence-corrected chi connectivity index (χ3v) is 6.62. The zero-order valence-electron chi connectivity index (χ0n) is 16.0. The number of piperidine rings is 1. The molecule has 0 radical (unpaired) electrons. The van der Waals surface area contributed by atoms with Crippen LogP contribution < -0.4 is 10.1 Å². The average molecular weight is 398 g/mol. The number of nitrogens with zero attached hydrogens (tertiary/aromatic N) is 2. The van der Waals surface area contributed by atoms with Crippen molar-refractivity contribution in [1.82, 2.24) is 15.2 Å². The molecule has 1 unspecified atom stereocenters. The Hall–Kier alpha value is -2.05. The predicted octanol–water partition coefficient (Wildman–Crippen LogP) is 3.36. The number of ether oxygens (including phenoxy) is 1. The zero-order valence-corrected chi connectivity index (χ0v) is 16.9. The first-order chi connectivity index (χ1) is 13.8. The third-order valence-electron chi connectivity index (χ3n) is 5.47. The number of rotatable bonds is 6. The van der Waals surface area contributed by atoms with E-state index in [1.807, 2.05) is 36.4 Å². The minimum absolute atomic E-state index is 0.0946. The summed E-state index contributed by atoms with van der Waals surface area (Å²) in [6, 6.07) is 12.1. The summed E-state index contributed by atoms with van der Waals surface area (Å²) in [5.41, 5.74) is 1.61.